The van der Waals surface area contributed by atoms with Crippen LogP contribution in [0.1, 0.15) is 5.56 Å². The summed E-state index contributed by atoms with van der Waals surface area (Å²) in [6.07, 6.45) is 0. The van der Waals surface area contributed by atoms with Gasteiger partial charge in [-0.3, -0.25) is 0 Å². The van der Waals surface area contributed by atoms with Crippen molar-refractivity contribution < 1.29 is 0 Å². The van der Waals surface area contributed by atoms with Gasteiger partial charge in [0.1, 0.15) is 0 Å². The topological polar surface area (TPSA) is 28.7 Å². The van der Waals surface area contributed by atoms with Gasteiger partial charge in [0, 0.05) is 0 Å². The number of nitrogens with one attached hydrogen (secondary N) is 1. The number of aromatic amines is 1. The number of imidazole rings is 1. The lowest BCUT2D eigenvalue weighted by Gasteiger charge is -1.88. The van der Waals surface area contributed by atoms with Crippen LogP contribution in [-0.2, 0) is 0 Å². The number of H-pyrrole nitrogens is 1. The van der Waals surface area contributed by atoms with E-state index in [0.717, 1.165) is 11.0 Å². The Morgan fingerprint density at radius 3 is 3.09 bits per heavy atom. The number of nitrogens with zero attached hydrogens (tertiary/aromatic N) is 1. The zero-order chi connectivity index (χ0) is 7.84. The van der Waals surface area contributed by atoms with E-state index >= 15 is 0 Å². The Morgan fingerprint density at radius 1 is 1.45 bits per heavy atom. The van der Waals surface area contributed by atoms with Crippen LogP contribution in [0.25, 0.3) is 11.0 Å². The number of aromatic nitrogens is 2. The first-order valence-corrected chi connectivity index (χ1v) is 3.80. The third kappa shape index (κ3) is 1.07. The monoisotopic (exact) mass is 163 g/mol. The maximum atomic E-state index is 4.89. The Hall–Kier alpha value is -1.09. The molecule has 2 rings (SSSR count). The Balaban J connectivity index is 2.82. The lowest BCUT2D eigenvalue weighted by atomic mass is 10.2. The van der Waals surface area contributed by atoms with E-state index in [0.29, 0.717) is 5.16 Å². The number of rotatable bonds is 0. The fourth-order valence-corrected chi connectivity index (χ4v) is 1.30. The molecule has 2 aromatic rings. The van der Waals surface area contributed by atoms with Gasteiger partial charge in [0.15, 0.2) is 5.16 Å². The van der Waals surface area contributed by atoms with Crippen LogP contribution in [0.2, 0.25) is 0 Å². The minimum Gasteiger partial charge on any atom is -0.329 e. The van der Waals surface area contributed by atoms with Crippen LogP contribution in [0.5, 0.6) is 0 Å². The second-order valence-electron chi connectivity index (χ2n) is 2.56. The highest BCUT2D eigenvalue weighted by molar-refractivity contribution is 7.80. The molecule has 0 saturated heterocycles. The van der Waals surface area contributed by atoms with E-state index in [1.807, 2.05) is 25.1 Å². The fraction of sp³-hybridized carbons (Fsp3) is 0.125. The second kappa shape index (κ2) is 2.20. The molecule has 0 amide bonds. The standard InChI is InChI=1S/C8H7N2S/c1-5-2-3-6-7(4-5)10-8(11)9-6/h2-4H,1H3,(H,9,10). The Kier molecular flexibility index (Phi) is 1.32. The quantitative estimate of drug-likeness (QED) is 0.634. The lowest BCUT2D eigenvalue weighted by Crippen LogP contribution is -1.71. The molecule has 0 aliphatic rings. The highest BCUT2D eigenvalue weighted by Crippen LogP contribution is 2.14. The van der Waals surface area contributed by atoms with Gasteiger partial charge in [-0.2, -0.15) is 0 Å². The first-order chi connectivity index (χ1) is 5.25. The Morgan fingerprint density at radius 2 is 2.27 bits per heavy atom. The molecule has 0 bridgehead atoms. The minimum atomic E-state index is 0.561. The number of aryl methyl sites for hydroxylation is 1. The summed E-state index contributed by atoms with van der Waals surface area (Å²) in [5.41, 5.74) is 3.18. The molecule has 1 N–H and O–H groups in total. The van der Waals surface area contributed by atoms with Gasteiger partial charge >= 0.3 is 0 Å². The van der Waals surface area contributed by atoms with Gasteiger partial charge in [-0.05, 0) is 37.2 Å². The molecule has 55 valence electrons. The summed E-state index contributed by atoms with van der Waals surface area (Å²) >= 11 is 4.89. The molecule has 1 heterocycles. The van der Waals surface area contributed by atoms with Crippen LogP contribution in [0.4, 0.5) is 0 Å². The van der Waals surface area contributed by atoms with Gasteiger partial charge in [-0.25, -0.2) is 4.98 Å². The van der Waals surface area contributed by atoms with Crippen molar-refractivity contribution in [1.82, 2.24) is 9.97 Å². The molecule has 0 unspecified atom stereocenters. The number of hydrogen-bond donors (Lipinski definition) is 1. The summed E-state index contributed by atoms with van der Waals surface area (Å²) < 4.78 is 0. The van der Waals surface area contributed by atoms with Crippen LogP contribution in [0.3, 0.4) is 0 Å². The predicted octanol–water partition coefficient (Wildman–Crippen LogP) is 2.43. The average Bonchev–Trinajstić information content (AvgIpc) is 2.27. The first-order valence-electron chi connectivity index (χ1n) is 3.39. The Bertz CT molecular complexity index is 392. The minimum absolute atomic E-state index is 0.561. The molecular formula is C8H7N2S. The van der Waals surface area contributed by atoms with Crippen molar-refractivity contribution in [3.05, 3.63) is 23.8 Å². The summed E-state index contributed by atoms with van der Waals surface area (Å²) in [7, 11) is 0. The van der Waals surface area contributed by atoms with Crippen LogP contribution < -0.4 is 0 Å². The predicted molar refractivity (Wildman–Crippen MR) is 46.7 cm³/mol. The number of hydrogen-bond acceptors (Lipinski definition) is 1. The molecule has 3 heteroatoms. The average molecular weight is 163 g/mol. The maximum absolute atomic E-state index is 4.89. The van der Waals surface area contributed by atoms with Crippen LogP contribution >= 0.6 is 12.6 Å². The van der Waals surface area contributed by atoms with E-state index in [4.69, 9.17) is 12.6 Å². The summed E-state index contributed by atoms with van der Waals surface area (Å²) in [4.78, 5) is 7.12. The van der Waals surface area contributed by atoms with Gasteiger partial charge in [-0.1, -0.05) is 6.07 Å². The van der Waals surface area contributed by atoms with Crippen LogP contribution in [0.15, 0.2) is 23.4 Å². The van der Waals surface area contributed by atoms with Crippen molar-refractivity contribution in [2.75, 3.05) is 0 Å². The summed E-state index contributed by atoms with van der Waals surface area (Å²) in [5.74, 6) is 0. The van der Waals surface area contributed by atoms with Gasteiger partial charge in [0.25, 0.3) is 0 Å². The smallest absolute Gasteiger partial charge is 0.197 e. The third-order valence-corrected chi connectivity index (χ3v) is 1.81. The van der Waals surface area contributed by atoms with Crippen molar-refractivity contribution >= 4 is 23.7 Å². The largest absolute Gasteiger partial charge is 0.329 e. The van der Waals surface area contributed by atoms with E-state index in [2.05, 4.69) is 9.97 Å². The van der Waals surface area contributed by atoms with E-state index in [9.17, 15) is 0 Å². The highest BCUT2D eigenvalue weighted by Gasteiger charge is 1.98. The van der Waals surface area contributed by atoms with Gasteiger partial charge in [-0.15, -0.1) is 0 Å². The molecule has 0 saturated carbocycles. The van der Waals surface area contributed by atoms with Crippen molar-refractivity contribution in [2.45, 2.75) is 12.1 Å². The summed E-state index contributed by atoms with van der Waals surface area (Å²) in [6.45, 7) is 2.04. The van der Waals surface area contributed by atoms with E-state index in [-0.39, 0.29) is 0 Å². The molecule has 1 aromatic carbocycles. The van der Waals surface area contributed by atoms with Crippen molar-refractivity contribution in [3.63, 3.8) is 0 Å². The third-order valence-electron chi connectivity index (χ3n) is 1.62. The summed E-state index contributed by atoms with van der Waals surface area (Å²) in [5, 5.41) is 0.561. The van der Waals surface area contributed by atoms with E-state index < -0.39 is 0 Å². The normalized spacial score (nSPS) is 10.6. The van der Waals surface area contributed by atoms with E-state index in [1.54, 1.807) is 0 Å². The maximum Gasteiger partial charge on any atom is 0.197 e. The molecule has 1 aromatic heterocycles. The van der Waals surface area contributed by atoms with Crippen LogP contribution in [-0.4, -0.2) is 9.97 Å². The van der Waals surface area contributed by atoms with Crippen molar-refractivity contribution in [1.29, 1.82) is 0 Å². The summed E-state index contributed by atoms with van der Waals surface area (Å²) in [6, 6.07) is 6.05. The van der Waals surface area contributed by atoms with Crippen molar-refractivity contribution in [3.8, 4) is 0 Å². The number of benzene rings is 1. The van der Waals surface area contributed by atoms with Gasteiger partial charge in [0.2, 0.25) is 0 Å². The molecular weight excluding hydrogens is 156 g/mol. The Labute approximate surface area is 70.1 Å². The molecule has 0 aliphatic carbocycles. The lowest BCUT2D eigenvalue weighted by molar-refractivity contribution is 1.09. The van der Waals surface area contributed by atoms with E-state index in [1.165, 1.54) is 5.56 Å². The number of fused-ring (bicyclic) bond motifs is 1. The van der Waals surface area contributed by atoms with Crippen molar-refractivity contribution in [2.24, 2.45) is 0 Å². The highest BCUT2D eigenvalue weighted by atomic mass is 32.1. The van der Waals surface area contributed by atoms with Gasteiger partial charge < -0.3 is 4.98 Å². The first kappa shape index (κ1) is 6.61. The molecule has 0 aliphatic heterocycles. The fourth-order valence-electron chi connectivity index (χ4n) is 1.09. The molecule has 1 radical (unpaired) electrons. The molecule has 0 spiro atoms. The molecule has 2 nitrogen and oxygen atoms in total. The molecule has 0 fully saturated rings. The van der Waals surface area contributed by atoms with Gasteiger partial charge in [0.05, 0.1) is 11.0 Å². The zero-order valence-electron chi connectivity index (χ0n) is 6.09. The molecule has 11 heavy (non-hydrogen) atoms. The second-order valence-corrected chi connectivity index (χ2v) is 2.95. The SMILES string of the molecule is Cc1ccc2[nH]c([S])nc2c1. The molecule has 0 atom stereocenters. The zero-order valence-corrected chi connectivity index (χ0v) is 6.90. The van der Waals surface area contributed by atoms with Crippen LogP contribution in [0, 0.1) is 6.92 Å².